The van der Waals surface area contributed by atoms with E-state index in [9.17, 15) is 4.79 Å². The van der Waals surface area contributed by atoms with Crippen LogP contribution in [0.5, 0.6) is 0 Å². The number of carbonyl (C=O) groups excluding carboxylic acids is 1. The zero-order chi connectivity index (χ0) is 10.5. The first kappa shape index (κ1) is 10.1. The standard InChI is InChI=1S/C11H15N3O/c15-11(9-6-12-8-13-7-9)14-10-4-2-1-3-5-10/h6-8,10H,1-5H2,(H,14,15). The van der Waals surface area contributed by atoms with Gasteiger partial charge in [-0.3, -0.25) is 4.79 Å². The highest BCUT2D eigenvalue weighted by molar-refractivity contribution is 5.93. The van der Waals surface area contributed by atoms with Crippen molar-refractivity contribution in [2.24, 2.45) is 0 Å². The fourth-order valence-corrected chi connectivity index (χ4v) is 1.93. The summed E-state index contributed by atoms with van der Waals surface area (Å²) in [5.74, 6) is -0.0532. The molecule has 0 radical (unpaired) electrons. The normalized spacial score (nSPS) is 17.3. The zero-order valence-corrected chi connectivity index (χ0v) is 8.65. The van der Waals surface area contributed by atoms with Crippen LogP contribution in [0.15, 0.2) is 18.7 Å². The van der Waals surface area contributed by atoms with E-state index in [0.717, 1.165) is 12.8 Å². The Balaban J connectivity index is 1.91. The van der Waals surface area contributed by atoms with Crippen LogP contribution in [0.1, 0.15) is 42.5 Å². The van der Waals surface area contributed by atoms with Crippen molar-refractivity contribution in [2.75, 3.05) is 0 Å². The van der Waals surface area contributed by atoms with Crippen molar-refractivity contribution in [1.82, 2.24) is 15.3 Å². The molecule has 1 aliphatic carbocycles. The van der Waals surface area contributed by atoms with Gasteiger partial charge in [-0.05, 0) is 12.8 Å². The molecule has 1 fully saturated rings. The average Bonchev–Trinajstić information content (AvgIpc) is 2.31. The Morgan fingerprint density at radius 2 is 1.87 bits per heavy atom. The molecule has 4 nitrogen and oxygen atoms in total. The van der Waals surface area contributed by atoms with Crippen molar-refractivity contribution in [3.05, 3.63) is 24.3 Å². The predicted octanol–water partition coefficient (Wildman–Crippen LogP) is 1.54. The summed E-state index contributed by atoms with van der Waals surface area (Å²) >= 11 is 0. The molecule has 1 N–H and O–H groups in total. The molecule has 1 heterocycles. The van der Waals surface area contributed by atoms with Gasteiger partial charge in [0.1, 0.15) is 6.33 Å². The maximum Gasteiger partial charge on any atom is 0.254 e. The van der Waals surface area contributed by atoms with Crippen LogP contribution in [0.2, 0.25) is 0 Å². The second-order valence-electron chi connectivity index (χ2n) is 3.94. The number of nitrogens with one attached hydrogen (secondary N) is 1. The fraction of sp³-hybridized carbons (Fsp3) is 0.545. The molecule has 80 valence electrons. The number of nitrogens with zero attached hydrogens (tertiary/aromatic N) is 2. The summed E-state index contributed by atoms with van der Waals surface area (Å²) in [4.78, 5) is 19.4. The highest BCUT2D eigenvalue weighted by Crippen LogP contribution is 2.17. The third-order valence-corrected chi connectivity index (χ3v) is 2.76. The van der Waals surface area contributed by atoms with Crippen molar-refractivity contribution < 1.29 is 4.79 Å². The lowest BCUT2D eigenvalue weighted by molar-refractivity contribution is 0.0927. The van der Waals surface area contributed by atoms with Crippen molar-refractivity contribution in [2.45, 2.75) is 38.1 Å². The van der Waals surface area contributed by atoms with Gasteiger partial charge in [0.05, 0.1) is 5.56 Å². The molecule has 2 rings (SSSR count). The Morgan fingerprint density at radius 3 is 2.53 bits per heavy atom. The molecular weight excluding hydrogens is 190 g/mol. The van der Waals surface area contributed by atoms with E-state index >= 15 is 0 Å². The van der Waals surface area contributed by atoms with Crippen LogP contribution in [0.25, 0.3) is 0 Å². The number of hydrogen-bond donors (Lipinski definition) is 1. The molecule has 0 bridgehead atoms. The van der Waals surface area contributed by atoms with Gasteiger partial charge >= 0.3 is 0 Å². The van der Waals surface area contributed by atoms with Crippen LogP contribution >= 0.6 is 0 Å². The van der Waals surface area contributed by atoms with E-state index in [4.69, 9.17) is 0 Å². The van der Waals surface area contributed by atoms with Gasteiger partial charge in [0.25, 0.3) is 5.91 Å². The van der Waals surface area contributed by atoms with Crippen molar-refractivity contribution in [3.63, 3.8) is 0 Å². The molecule has 0 spiro atoms. The highest BCUT2D eigenvalue weighted by Gasteiger charge is 2.16. The Labute approximate surface area is 89.1 Å². The summed E-state index contributed by atoms with van der Waals surface area (Å²) in [5, 5.41) is 3.02. The van der Waals surface area contributed by atoms with Gasteiger partial charge in [0, 0.05) is 18.4 Å². The lowest BCUT2D eigenvalue weighted by atomic mass is 9.95. The maximum atomic E-state index is 11.7. The van der Waals surface area contributed by atoms with E-state index in [1.165, 1.54) is 25.6 Å². The van der Waals surface area contributed by atoms with Gasteiger partial charge in [0.15, 0.2) is 0 Å². The van der Waals surface area contributed by atoms with Gasteiger partial charge in [-0.25, -0.2) is 9.97 Å². The molecular formula is C11H15N3O. The minimum Gasteiger partial charge on any atom is -0.349 e. The van der Waals surface area contributed by atoms with E-state index in [0.29, 0.717) is 11.6 Å². The number of rotatable bonds is 2. The van der Waals surface area contributed by atoms with Gasteiger partial charge in [-0.15, -0.1) is 0 Å². The second kappa shape index (κ2) is 4.87. The molecule has 1 aliphatic rings. The average molecular weight is 205 g/mol. The number of hydrogen-bond acceptors (Lipinski definition) is 3. The molecule has 0 unspecified atom stereocenters. The number of amides is 1. The molecule has 4 heteroatoms. The molecule has 15 heavy (non-hydrogen) atoms. The maximum absolute atomic E-state index is 11.7. The second-order valence-corrected chi connectivity index (χ2v) is 3.94. The largest absolute Gasteiger partial charge is 0.349 e. The number of aromatic nitrogens is 2. The third-order valence-electron chi connectivity index (χ3n) is 2.76. The quantitative estimate of drug-likeness (QED) is 0.796. The SMILES string of the molecule is O=C(NC1CCCCC1)c1cncnc1. The predicted molar refractivity (Wildman–Crippen MR) is 56.4 cm³/mol. The molecule has 0 saturated heterocycles. The van der Waals surface area contributed by atoms with E-state index in [1.54, 1.807) is 12.4 Å². The summed E-state index contributed by atoms with van der Waals surface area (Å²) in [6, 6.07) is 0.339. The molecule has 1 amide bonds. The monoisotopic (exact) mass is 205 g/mol. The molecule has 1 aromatic heterocycles. The molecule has 0 aromatic carbocycles. The smallest absolute Gasteiger partial charge is 0.254 e. The third kappa shape index (κ3) is 2.75. The van der Waals surface area contributed by atoms with Crippen LogP contribution in [-0.4, -0.2) is 21.9 Å². The molecule has 0 aliphatic heterocycles. The lowest BCUT2D eigenvalue weighted by Crippen LogP contribution is -2.36. The Kier molecular flexibility index (Phi) is 3.27. The zero-order valence-electron chi connectivity index (χ0n) is 8.65. The van der Waals surface area contributed by atoms with E-state index in [-0.39, 0.29) is 5.91 Å². The minimum atomic E-state index is -0.0532. The van der Waals surface area contributed by atoms with Crippen molar-refractivity contribution >= 4 is 5.91 Å². The summed E-state index contributed by atoms with van der Waals surface area (Å²) < 4.78 is 0. The van der Waals surface area contributed by atoms with Crippen molar-refractivity contribution in [1.29, 1.82) is 0 Å². The number of carbonyl (C=O) groups is 1. The van der Waals surface area contributed by atoms with Crippen molar-refractivity contribution in [3.8, 4) is 0 Å². The summed E-state index contributed by atoms with van der Waals surface area (Å²) in [6.45, 7) is 0. The first-order valence-electron chi connectivity index (χ1n) is 5.42. The fourth-order valence-electron chi connectivity index (χ4n) is 1.93. The van der Waals surface area contributed by atoms with Gasteiger partial charge < -0.3 is 5.32 Å². The van der Waals surface area contributed by atoms with Gasteiger partial charge in [0.2, 0.25) is 0 Å². The first-order valence-corrected chi connectivity index (χ1v) is 5.42. The van der Waals surface area contributed by atoms with E-state index in [2.05, 4.69) is 15.3 Å². The van der Waals surface area contributed by atoms with Crippen LogP contribution in [0.3, 0.4) is 0 Å². The van der Waals surface area contributed by atoms with Gasteiger partial charge in [-0.2, -0.15) is 0 Å². The highest BCUT2D eigenvalue weighted by atomic mass is 16.1. The van der Waals surface area contributed by atoms with Crippen LogP contribution < -0.4 is 5.32 Å². The minimum absolute atomic E-state index is 0.0532. The van der Waals surface area contributed by atoms with E-state index in [1.807, 2.05) is 0 Å². The Morgan fingerprint density at radius 1 is 1.20 bits per heavy atom. The summed E-state index contributed by atoms with van der Waals surface area (Å²) in [6.07, 6.45) is 10.4. The van der Waals surface area contributed by atoms with Crippen LogP contribution in [-0.2, 0) is 0 Å². The summed E-state index contributed by atoms with van der Waals surface area (Å²) in [5.41, 5.74) is 0.545. The van der Waals surface area contributed by atoms with Gasteiger partial charge in [-0.1, -0.05) is 19.3 Å². The molecule has 1 saturated carbocycles. The summed E-state index contributed by atoms with van der Waals surface area (Å²) in [7, 11) is 0. The van der Waals surface area contributed by atoms with Crippen LogP contribution in [0.4, 0.5) is 0 Å². The lowest BCUT2D eigenvalue weighted by Gasteiger charge is -2.22. The first-order chi connectivity index (χ1) is 7.36. The van der Waals surface area contributed by atoms with E-state index < -0.39 is 0 Å². The Hall–Kier alpha value is -1.45. The Bertz CT molecular complexity index is 320. The molecule has 0 atom stereocenters. The molecule has 1 aromatic rings. The topological polar surface area (TPSA) is 54.9 Å². The van der Waals surface area contributed by atoms with Crippen LogP contribution in [0, 0.1) is 0 Å².